The molecule has 0 unspecified atom stereocenters. The van der Waals surface area contributed by atoms with Crippen molar-refractivity contribution in [3.63, 3.8) is 0 Å². The smallest absolute Gasteiger partial charge is 0.206 e. The third kappa shape index (κ3) is 3.29. The summed E-state index contributed by atoms with van der Waals surface area (Å²) in [5.41, 5.74) is 1.99. The lowest BCUT2D eigenvalue weighted by Gasteiger charge is -2.28. The number of rotatable bonds is 3. The van der Waals surface area contributed by atoms with E-state index in [2.05, 4.69) is 4.90 Å². The standard InChI is InChI=1S/C18H19NO3S/c1-14-2-6-17(7-3-14)23(21,22)18-8-4-15(5-9-18)19-12-10-16(20)11-13-19/h2-9H,10-13H2,1H3. The number of carbonyl (C=O) groups is 1. The molecule has 1 heterocycles. The van der Waals surface area contributed by atoms with E-state index >= 15 is 0 Å². The van der Waals surface area contributed by atoms with E-state index in [-0.39, 0.29) is 4.90 Å². The van der Waals surface area contributed by atoms with Crippen molar-refractivity contribution < 1.29 is 13.2 Å². The molecule has 2 aromatic rings. The zero-order valence-corrected chi connectivity index (χ0v) is 13.8. The first-order valence-corrected chi connectivity index (χ1v) is 9.13. The van der Waals surface area contributed by atoms with Gasteiger partial charge in [0.15, 0.2) is 0 Å². The molecule has 0 amide bonds. The van der Waals surface area contributed by atoms with Crippen LogP contribution in [0.5, 0.6) is 0 Å². The van der Waals surface area contributed by atoms with Gasteiger partial charge in [0.1, 0.15) is 5.78 Å². The molecule has 0 N–H and O–H groups in total. The molecule has 0 atom stereocenters. The minimum Gasteiger partial charge on any atom is -0.371 e. The summed E-state index contributed by atoms with van der Waals surface area (Å²) in [6, 6.07) is 13.8. The van der Waals surface area contributed by atoms with Crippen LogP contribution in [-0.4, -0.2) is 27.3 Å². The number of benzene rings is 2. The summed E-state index contributed by atoms with van der Waals surface area (Å²) in [6.07, 6.45) is 1.12. The minimum absolute atomic E-state index is 0.290. The molecule has 3 rings (SSSR count). The van der Waals surface area contributed by atoms with Gasteiger partial charge >= 0.3 is 0 Å². The van der Waals surface area contributed by atoms with Gasteiger partial charge < -0.3 is 4.90 Å². The summed E-state index contributed by atoms with van der Waals surface area (Å²) in [5.74, 6) is 0.291. The Kier molecular flexibility index (Phi) is 4.22. The molecule has 0 radical (unpaired) electrons. The number of ketones is 1. The number of sulfone groups is 1. The first-order chi connectivity index (χ1) is 11.0. The highest BCUT2D eigenvalue weighted by molar-refractivity contribution is 7.91. The van der Waals surface area contributed by atoms with E-state index in [1.165, 1.54) is 0 Å². The fourth-order valence-electron chi connectivity index (χ4n) is 2.70. The van der Waals surface area contributed by atoms with Gasteiger partial charge in [-0.25, -0.2) is 8.42 Å². The number of hydrogen-bond donors (Lipinski definition) is 0. The Morgan fingerprint density at radius 1 is 0.826 bits per heavy atom. The third-order valence-corrected chi connectivity index (χ3v) is 5.95. The first kappa shape index (κ1) is 15.7. The average molecular weight is 329 g/mol. The van der Waals surface area contributed by atoms with Crippen molar-refractivity contribution in [2.24, 2.45) is 0 Å². The molecular weight excluding hydrogens is 310 g/mol. The molecule has 4 nitrogen and oxygen atoms in total. The third-order valence-electron chi connectivity index (χ3n) is 4.16. The molecule has 1 aliphatic heterocycles. The van der Waals surface area contributed by atoms with Crippen molar-refractivity contribution in [2.45, 2.75) is 29.6 Å². The van der Waals surface area contributed by atoms with Gasteiger partial charge in [0.2, 0.25) is 9.84 Å². The summed E-state index contributed by atoms with van der Waals surface area (Å²) in [4.78, 5) is 14.0. The lowest BCUT2D eigenvalue weighted by molar-refractivity contribution is -0.119. The Balaban J connectivity index is 1.84. The normalized spacial score (nSPS) is 15.7. The zero-order valence-electron chi connectivity index (χ0n) is 13.0. The maximum absolute atomic E-state index is 12.6. The number of carbonyl (C=O) groups excluding carboxylic acids is 1. The first-order valence-electron chi connectivity index (χ1n) is 7.65. The SMILES string of the molecule is Cc1ccc(S(=O)(=O)c2ccc(N3CCC(=O)CC3)cc2)cc1. The van der Waals surface area contributed by atoms with E-state index in [4.69, 9.17) is 0 Å². The Morgan fingerprint density at radius 2 is 1.30 bits per heavy atom. The van der Waals surface area contributed by atoms with Gasteiger partial charge in [0, 0.05) is 31.6 Å². The van der Waals surface area contributed by atoms with Crippen LogP contribution >= 0.6 is 0 Å². The van der Waals surface area contributed by atoms with Crippen LogP contribution in [0.15, 0.2) is 58.3 Å². The molecule has 0 saturated carbocycles. The Labute approximate surface area is 136 Å². The zero-order chi connectivity index (χ0) is 16.4. The predicted molar refractivity (Wildman–Crippen MR) is 89.5 cm³/mol. The van der Waals surface area contributed by atoms with Crippen LogP contribution in [0.1, 0.15) is 18.4 Å². The van der Waals surface area contributed by atoms with Gasteiger partial charge in [-0.1, -0.05) is 17.7 Å². The maximum Gasteiger partial charge on any atom is 0.206 e. The lowest BCUT2D eigenvalue weighted by Crippen LogP contribution is -2.33. The second kappa shape index (κ2) is 6.16. The summed E-state index contributed by atoms with van der Waals surface area (Å²) in [5, 5.41) is 0. The lowest BCUT2D eigenvalue weighted by atomic mass is 10.1. The fourth-order valence-corrected chi connectivity index (χ4v) is 3.96. The molecule has 23 heavy (non-hydrogen) atoms. The number of hydrogen-bond acceptors (Lipinski definition) is 4. The molecule has 5 heteroatoms. The van der Waals surface area contributed by atoms with Crippen LogP contribution in [0.3, 0.4) is 0 Å². The minimum atomic E-state index is -3.48. The summed E-state index contributed by atoms with van der Waals surface area (Å²) >= 11 is 0. The second-order valence-electron chi connectivity index (χ2n) is 5.84. The molecule has 0 aromatic heterocycles. The molecule has 0 bridgehead atoms. The van der Waals surface area contributed by atoms with Crippen LogP contribution in [0.4, 0.5) is 5.69 Å². The Morgan fingerprint density at radius 3 is 1.83 bits per heavy atom. The number of Topliss-reactive ketones (excluding diaryl/α,β-unsaturated/α-hetero) is 1. The van der Waals surface area contributed by atoms with Crippen LogP contribution in [0.2, 0.25) is 0 Å². The second-order valence-corrected chi connectivity index (χ2v) is 7.79. The number of nitrogens with zero attached hydrogens (tertiary/aromatic N) is 1. The topological polar surface area (TPSA) is 54.5 Å². The molecule has 1 fully saturated rings. The van der Waals surface area contributed by atoms with Gasteiger partial charge in [-0.15, -0.1) is 0 Å². The van der Waals surface area contributed by atoms with Crippen molar-refractivity contribution in [3.05, 3.63) is 54.1 Å². The van der Waals surface area contributed by atoms with Crippen LogP contribution in [-0.2, 0) is 14.6 Å². The summed E-state index contributed by atoms with van der Waals surface area (Å²) < 4.78 is 25.2. The largest absolute Gasteiger partial charge is 0.371 e. The van der Waals surface area contributed by atoms with Gasteiger partial charge in [-0.05, 0) is 43.3 Å². The molecule has 1 saturated heterocycles. The number of piperidine rings is 1. The fraction of sp³-hybridized carbons (Fsp3) is 0.278. The van der Waals surface area contributed by atoms with Crippen LogP contribution in [0, 0.1) is 6.92 Å². The van der Waals surface area contributed by atoms with E-state index in [1.807, 2.05) is 19.1 Å². The van der Waals surface area contributed by atoms with E-state index < -0.39 is 9.84 Å². The molecule has 1 aliphatic rings. The van der Waals surface area contributed by atoms with Gasteiger partial charge in [0.25, 0.3) is 0 Å². The maximum atomic E-state index is 12.6. The highest BCUT2D eigenvalue weighted by atomic mass is 32.2. The number of anilines is 1. The molecular formula is C18H19NO3S. The van der Waals surface area contributed by atoms with Crippen LogP contribution < -0.4 is 4.90 Å². The summed E-state index contributed by atoms with van der Waals surface area (Å²) in [7, 11) is -3.48. The van der Waals surface area contributed by atoms with Crippen molar-refractivity contribution in [2.75, 3.05) is 18.0 Å². The molecule has 2 aromatic carbocycles. The van der Waals surface area contributed by atoms with E-state index in [9.17, 15) is 13.2 Å². The Hall–Kier alpha value is -2.14. The quantitative estimate of drug-likeness (QED) is 0.869. The predicted octanol–water partition coefficient (Wildman–Crippen LogP) is 3.00. The van der Waals surface area contributed by atoms with Crippen molar-refractivity contribution in [1.29, 1.82) is 0 Å². The van der Waals surface area contributed by atoms with Crippen molar-refractivity contribution in [1.82, 2.24) is 0 Å². The van der Waals surface area contributed by atoms with E-state index in [0.717, 1.165) is 11.3 Å². The highest BCUT2D eigenvalue weighted by Gasteiger charge is 2.19. The van der Waals surface area contributed by atoms with Gasteiger partial charge in [-0.3, -0.25) is 4.79 Å². The molecule has 120 valence electrons. The summed E-state index contributed by atoms with van der Waals surface area (Å²) in [6.45, 7) is 3.32. The monoisotopic (exact) mass is 329 g/mol. The molecule has 0 spiro atoms. The van der Waals surface area contributed by atoms with E-state index in [1.54, 1.807) is 36.4 Å². The average Bonchev–Trinajstić information content (AvgIpc) is 2.56. The van der Waals surface area contributed by atoms with Gasteiger partial charge in [-0.2, -0.15) is 0 Å². The van der Waals surface area contributed by atoms with Gasteiger partial charge in [0.05, 0.1) is 9.79 Å². The highest BCUT2D eigenvalue weighted by Crippen LogP contribution is 2.25. The van der Waals surface area contributed by atoms with Crippen molar-refractivity contribution >= 4 is 21.3 Å². The van der Waals surface area contributed by atoms with Crippen molar-refractivity contribution in [3.8, 4) is 0 Å². The van der Waals surface area contributed by atoms with E-state index in [0.29, 0.717) is 36.6 Å². The van der Waals surface area contributed by atoms with Crippen LogP contribution in [0.25, 0.3) is 0 Å². The number of aryl methyl sites for hydroxylation is 1. The Bertz CT molecular complexity index is 798. The molecule has 0 aliphatic carbocycles.